The number of nitrogens with one attached hydrogen (secondary N) is 1. The smallest absolute Gasteiger partial charge is 0.251 e. The molecule has 3 rings (SSSR count). The monoisotopic (exact) mass is 406 g/mol. The zero-order valence-corrected chi connectivity index (χ0v) is 17.6. The van der Waals surface area contributed by atoms with E-state index in [0.29, 0.717) is 12.1 Å². The SMILES string of the molecule is C=CCn1c(SCc2ccccc2)nnc1[C@H](NC(=O)c1ccccc1)C(C)C. The van der Waals surface area contributed by atoms with Gasteiger partial charge in [0.2, 0.25) is 0 Å². The summed E-state index contributed by atoms with van der Waals surface area (Å²) in [7, 11) is 0. The van der Waals surface area contributed by atoms with E-state index in [1.165, 1.54) is 5.56 Å². The highest BCUT2D eigenvalue weighted by Gasteiger charge is 2.26. The molecule has 0 unspecified atom stereocenters. The van der Waals surface area contributed by atoms with Crippen LogP contribution in [0.3, 0.4) is 0 Å². The highest BCUT2D eigenvalue weighted by Crippen LogP contribution is 2.27. The van der Waals surface area contributed by atoms with Crippen LogP contribution < -0.4 is 5.32 Å². The fourth-order valence-electron chi connectivity index (χ4n) is 3.00. The molecule has 1 amide bonds. The minimum atomic E-state index is -0.249. The van der Waals surface area contributed by atoms with Crippen molar-refractivity contribution in [1.29, 1.82) is 0 Å². The van der Waals surface area contributed by atoms with Crippen molar-refractivity contribution in [1.82, 2.24) is 20.1 Å². The normalized spacial score (nSPS) is 12.0. The maximum atomic E-state index is 12.7. The van der Waals surface area contributed by atoms with Gasteiger partial charge in [-0.15, -0.1) is 16.8 Å². The lowest BCUT2D eigenvalue weighted by Gasteiger charge is -2.22. The fraction of sp³-hybridized carbons (Fsp3) is 0.261. The molecule has 0 radical (unpaired) electrons. The number of hydrogen-bond donors (Lipinski definition) is 1. The van der Waals surface area contributed by atoms with Gasteiger partial charge in [0.05, 0.1) is 6.04 Å². The molecule has 1 N–H and O–H groups in total. The van der Waals surface area contributed by atoms with Crippen LogP contribution in [0.5, 0.6) is 0 Å². The lowest BCUT2D eigenvalue weighted by atomic mass is 10.0. The van der Waals surface area contributed by atoms with Crippen molar-refractivity contribution >= 4 is 17.7 Å². The number of thioether (sulfide) groups is 1. The third kappa shape index (κ3) is 5.35. The number of carbonyl (C=O) groups excluding carboxylic acids is 1. The van der Waals surface area contributed by atoms with E-state index in [4.69, 9.17) is 0 Å². The maximum absolute atomic E-state index is 12.7. The van der Waals surface area contributed by atoms with Crippen molar-refractivity contribution < 1.29 is 4.79 Å². The quantitative estimate of drug-likeness (QED) is 0.406. The predicted molar refractivity (Wildman–Crippen MR) is 118 cm³/mol. The minimum absolute atomic E-state index is 0.115. The van der Waals surface area contributed by atoms with E-state index in [9.17, 15) is 4.79 Å². The number of amides is 1. The van der Waals surface area contributed by atoms with Crippen molar-refractivity contribution in [3.63, 3.8) is 0 Å². The van der Waals surface area contributed by atoms with Crippen molar-refractivity contribution in [2.75, 3.05) is 0 Å². The Morgan fingerprint density at radius 3 is 2.38 bits per heavy atom. The molecule has 0 saturated heterocycles. The second-order valence-corrected chi connectivity index (χ2v) is 8.02. The van der Waals surface area contributed by atoms with Crippen LogP contribution >= 0.6 is 11.8 Å². The van der Waals surface area contributed by atoms with Crippen LogP contribution in [-0.4, -0.2) is 20.7 Å². The van der Waals surface area contributed by atoms with Crippen molar-refractivity contribution in [2.45, 2.75) is 37.3 Å². The van der Waals surface area contributed by atoms with Gasteiger partial charge in [-0.1, -0.05) is 80.2 Å². The Bertz CT molecular complexity index is 938. The Hall–Kier alpha value is -2.86. The lowest BCUT2D eigenvalue weighted by Crippen LogP contribution is -2.33. The second kappa shape index (κ2) is 10.1. The molecule has 1 atom stereocenters. The van der Waals surface area contributed by atoms with Crippen LogP contribution in [0.2, 0.25) is 0 Å². The van der Waals surface area contributed by atoms with E-state index in [1.54, 1.807) is 11.8 Å². The van der Waals surface area contributed by atoms with Gasteiger partial charge in [-0.3, -0.25) is 4.79 Å². The first-order valence-corrected chi connectivity index (χ1v) is 10.6. The third-order valence-corrected chi connectivity index (χ3v) is 5.57. The molecular weight excluding hydrogens is 380 g/mol. The Balaban J connectivity index is 1.83. The molecule has 6 heteroatoms. The maximum Gasteiger partial charge on any atom is 0.251 e. The van der Waals surface area contributed by atoms with E-state index in [1.807, 2.05) is 59.2 Å². The molecule has 29 heavy (non-hydrogen) atoms. The van der Waals surface area contributed by atoms with Crippen LogP contribution in [0, 0.1) is 5.92 Å². The van der Waals surface area contributed by atoms with E-state index in [2.05, 4.69) is 48.1 Å². The Kier molecular flexibility index (Phi) is 7.25. The average molecular weight is 407 g/mol. The molecule has 3 aromatic rings. The van der Waals surface area contributed by atoms with Crippen molar-refractivity contribution in [3.05, 3.63) is 90.3 Å². The first kappa shape index (κ1) is 20.9. The summed E-state index contributed by atoms with van der Waals surface area (Å²) in [5, 5.41) is 12.8. The van der Waals surface area contributed by atoms with Gasteiger partial charge >= 0.3 is 0 Å². The predicted octanol–water partition coefficient (Wildman–Crippen LogP) is 4.88. The molecule has 0 aliphatic carbocycles. The molecule has 0 saturated carbocycles. The fourth-order valence-corrected chi connectivity index (χ4v) is 3.91. The topological polar surface area (TPSA) is 59.8 Å². The lowest BCUT2D eigenvalue weighted by molar-refractivity contribution is 0.0922. The summed E-state index contributed by atoms with van der Waals surface area (Å²) in [5.74, 6) is 1.59. The van der Waals surface area contributed by atoms with E-state index in [0.717, 1.165) is 16.7 Å². The number of rotatable bonds is 9. The third-order valence-electron chi connectivity index (χ3n) is 4.54. The van der Waals surface area contributed by atoms with Crippen LogP contribution in [0.1, 0.15) is 41.6 Å². The van der Waals surface area contributed by atoms with Crippen LogP contribution in [-0.2, 0) is 12.3 Å². The van der Waals surface area contributed by atoms with Crippen LogP contribution in [0.25, 0.3) is 0 Å². The number of benzene rings is 2. The highest BCUT2D eigenvalue weighted by molar-refractivity contribution is 7.98. The average Bonchev–Trinajstić information content (AvgIpc) is 3.14. The number of aromatic nitrogens is 3. The van der Waals surface area contributed by atoms with Gasteiger partial charge in [0.25, 0.3) is 5.91 Å². The highest BCUT2D eigenvalue weighted by atomic mass is 32.2. The largest absolute Gasteiger partial charge is 0.342 e. The van der Waals surface area contributed by atoms with Crippen LogP contribution in [0.4, 0.5) is 0 Å². The first-order valence-electron chi connectivity index (χ1n) is 9.66. The molecule has 0 aliphatic heterocycles. The molecule has 0 fully saturated rings. The molecule has 0 bridgehead atoms. The molecule has 0 aliphatic rings. The zero-order chi connectivity index (χ0) is 20.6. The van der Waals surface area contributed by atoms with Gasteiger partial charge < -0.3 is 9.88 Å². The minimum Gasteiger partial charge on any atom is -0.342 e. The number of hydrogen-bond acceptors (Lipinski definition) is 4. The second-order valence-electron chi connectivity index (χ2n) is 7.08. The summed E-state index contributed by atoms with van der Waals surface area (Å²) in [6.45, 7) is 8.60. The van der Waals surface area contributed by atoms with Gasteiger partial charge in [0.15, 0.2) is 11.0 Å². The summed E-state index contributed by atoms with van der Waals surface area (Å²) in [5.41, 5.74) is 1.86. The van der Waals surface area contributed by atoms with Crippen LogP contribution in [0.15, 0.2) is 78.5 Å². The summed E-state index contributed by atoms with van der Waals surface area (Å²) in [4.78, 5) is 12.7. The van der Waals surface area contributed by atoms with Crippen molar-refractivity contribution in [2.24, 2.45) is 5.92 Å². The Labute approximate surface area is 176 Å². The molecule has 0 spiro atoms. The first-order chi connectivity index (χ1) is 14.1. The standard InChI is InChI=1S/C23H26N4OS/c1-4-15-27-21(25-26-23(27)29-16-18-11-7-5-8-12-18)20(17(2)3)24-22(28)19-13-9-6-10-14-19/h4-14,17,20H,1,15-16H2,2-3H3,(H,24,28)/t20-/m1/s1. The number of nitrogens with zero attached hydrogens (tertiary/aromatic N) is 3. The van der Waals surface area contributed by atoms with Gasteiger partial charge in [0, 0.05) is 17.9 Å². The summed E-state index contributed by atoms with van der Waals surface area (Å²) in [6, 6.07) is 19.2. The molecular formula is C23H26N4OS. The summed E-state index contributed by atoms with van der Waals surface area (Å²) < 4.78 is 2.04. The van der Waals surface area contributed by atoms with E-state index >= 15 is 0 Å². The van der Waals surface area contributed by atoms with Gasteiger partial charge in [-0.2, -0.15) is 0 Å². The van der Waals surface area contributed by atoms with Gasteiger partial charge in [-0.25, -0.2) is 0 Å². The van der Waals surface area contributed by atoms with E-state index in [-0.39, 0.29) is 17.9 Å². The molecule has 2 aromatic carbocycles. The zero-order valence-electron chi connectivity index (χ0n) is 16.8. The van der Waals surface area contributed by atoms with E-state index < -0.39 is 0 Å². The molecule has 1 heterocycles. The van der Waals surface area contributed by atoms with Crippen molar-refractivity contribution in [3.8, 4) is 0 Å². The number of carbonyl (C=O) groups is 1. The molecule has 1 aromatic heterocycles. The Morgan fingerprint density at radius 1 is 1.10 bits per heavy atom. The summed E-state index contributed by atoms with van der Waals surface area (Å²) >= 11 is 1.63. The number of allylic oxidation sites excluding steroid dienone is 1. The molecule has 150 valence electrons. The molecule has 5 nitrogen and oxygen atoms in total. The Morgan fingerprint density at radius 2 is 1.76 bits per heavy atom. The summed E-state index contributed by atoms with van der Waals surface area (Å²) in [6.07, 6.45) is 1.83. The van der Waals surface area contributed by atoms with Gasteiger partial charge in [-0.05, 0) is 23.6 Å². The van der Waals surface area contributed by atoms with Gasteiger partial charge in [0.1, 0.15) is 0 Å².